The first-order valence-corrected chi connectivity index (χ1v) is 8.05. The number of hydrogen-bond acceptors (Lipinski definition) is 3. The van der Waals surface area contributed by atoms with Gasteiger partial charge in [-0.3, -0.25) is 4.79 Å². The standard InChI is InChI=1S/C20H15F4NO2/c1-2-10-25-19-16(12-6-5-7-13(11-12)20(22,23)24)17(26)18(27-19)14-8-3-4-9-15(14)21/h2-9,11,18,25H,1,10H2. The molecule has 1 unspecified atom stereocenters. The Morgan fingerprint density at radius 1 is 1.15 bits per heavy atom. The first kappa shape index (κ1) is 18.7. The van der Waals surface area contributed by atoms with Gasteiger partial charge in [0.25, 0.3) is 0 Å². The van der Waals surface area contributed by atoms with Crippen LogP contribution in [0.15, 0.2) is 67.1 Å². The molecule has 2 aromatic rings. The van der Waals surface area contributed by atoms with Gasteiger partial charge >= 0.3 is 6.18 Å². The summed E-state index contributed by atoms with van der Waals surface area (Å²) in [5.74, 6) is -1.26. The molecule has 1 heterocycles. The van der Waals surface area contributed by atoms with Gasteiger partial charge in [0, 0.05) is 12.1 Å². The number of nitrogens with one attached hydrogen (secondary N) is 1. The Bertz CT molecular complexity index is 918. The van der Waals surface area contributed by atoms with E-state index in [9.17, 15) is 22.4 Å². The van der Waals surface area contributed by atoms with E-state index in [0.29, 0.717) is 0 Å². The maximum atomic E-state index is 14.1. The van der Waals surface area contributed by atoms with Crippen molar-refractivity contribution in [2.24, 2.45) is 0 Å². The highest BCUT2D eigenvalue weighted by Gasteiger charge is 2.39. The Morgan fingerprint density at radius 3 is 2.56 bits per heavy atom. The Labute approximate surface area is 153 Å². The van der Waals surface area contributed by atoms with Crippen LogP contribution in [0.5, 0.6) is 0 Å². The van der Waals surface area contributed by atoms with E-state index in [0.717, 1.165) is 12.1 Å². The summed E-state index contributed by atoms with van der Waals surface area (Å²) >= 11 is 0. The van der Waals surface area contributed by atoms with E-state index in [1.807, 2.05) is 0 Å². The van der Waals surface area contributed by atoms with Crippen LogP contribution in [0.3, 0.4) is 0 Å². The number of hydrogen-bond donors (Lipinski definition) is 1. The van der Waals surface area contributed by atoms with Gasteiger partial charge in [-0.25, -0.2) is 4.39 Å². The molecule has 0 spiro atoms. The van der Waals surface area contributed by atoms with Crippen LogP contribution in [0.25, 0.3) is 5.57 Å². The lowest BCUT2D eigenvalue weighted by Gasteiger charge is -2.13. The molecule has 27 heavy (non-hydrogen) atoms. The zero-order valence-corrected chi connectivity index (χ0v) is 14.0. The Balaban J connectivity index is 2.05. The van der Waals surface area contributed by atoms with Crippen LogP contribution in [-0.2, 0) is 15.7 Å². The molecule has 0 saturated carbocycles. The van der Waals surface area contributed by atoms with E-state index in [1.165, 1.54) is 36.4 Å². The Morgan fingerprint density at radius 2 is 1.89 bits per heavy atom. The first-order valence-electron chi connectivity index (χ1n) is 8.05. The molecular formula is C20H15F4NO2. The second-order valence-electron chi connectivity index (χ2n) is 5.84. The molecule has 1 atom stereocenters. The summed E-state index contributed by atoms with van der Waals surface area (Å²) < 4.78 is 58.8. The van der Waals surface area contributed by atoms with Gasteiger partial charge in [0.15, 0.2) is 12.0 Å². The molecule has 7 heteroatoms. The molecule has 0 aliphatic carbocycles. The molecule has 0 fully saturated rings. The van der Waals surface area contributed by atoms with Crippen LogP contribution in [0.1, 0.15) is 22.8 Å². The smallest absolute Gasteiger partial charge is 0.416 e. The minimum atomic E-state index is -4.56. The van der Waals surface area contributed by atoms with Crippen LogP contribution >= 0.6 is 0 Å². The molecule has 0 bridgehead atoms. The van der Waals surface area contributed by atoms with Crippen molar-refractivity contribution < 1.29 is 27.1 Å². The van der Waals surface area contributed by atoms with Crippen LogP contribution in [0.4, 0.5) is 17.6 Å². The number of ketones is 1. The molecular weight excluding hydrogens is 362 g/mol. The topological polar surface area (TPSA) is 38.3 Å². The highest BCUT2D eigenvalue weighted by molar-refractivity contribution is 6.25. The van der Waals surface area contributed by atoms with Crippen molar-refractivity contribution in [1.82, 2.24) is 5.32 Å². The third kappa shape index (κ3) is 3.72. The molecule has 0 amide bonds. The summed E-state index contributed by atoms with van der Waals surface area (Å²) in [6, 6.07) is 9.98. The van der Waals surface area contributed by atoms with Gasteiger partial charge in [-0.2, -0.15) is 13.2 Å². The molecule has 0 radical (unpaired) electrons. The van der Waals surface area contributed by atoms with Crippen LogP contribution in [0.2, 0.25) is 0 Å². The van der Waals surface area contributed by atoms with Crippen molar-refractivity contribution in [1.29, 1.82) is 0 Å². The van der Waals surface area contributed by atoms with Crippen LogP contribution in [0, 0.1) is 5.82 Å². The SMILES string of the molecule is C=CCNC1=C(c2cccc(C(F)(F)F)c2)C(=O)C(c2ccccc2F)O1. The Hall–Kier alpha value is -3.09. The Kier molecular flexibility index (Phi) is 5.03. The third-order valence-electron chi connectivity index (χ3n) is 4.02. The molecule has 0 aromatic heterocycles. The number of Topliss-reactive ketones (excluding diaryl/α,β-unsaturated/α-hetero) is 1. The number of carbonyl (C=O) groups is 1. The van der Waals surface area contributed by atoms with Crippen molar-refractivity contribution in [3.05, 3.63) is 89.6 Å². The molecule has 1 N–H and O–H groups in total. The van der Waals surface area contributed by atoms with Gasteiger partial charge in [0.1, 0.15) is 5.82 Å². The normalized spacial score (nSPS) is 17.0. The third-order valence-corrected chi connectivity index (χ3v) is 4.02. The minimum Gasteiger partial charge on any atom is -0.462 e. The first-order chi connectivity index (χ1) is 12.8. The molecule has 3 nitrogen and oxygen atoms in total. The quantitative estimate of drug-likeness (QED) is 0.610. The van der Waals surface area contributed by atoms with E-state index in [4.69, 9.17) is 4.74 Å². The predicted molar refractivity (Wildman–Crippen MR) is 91.8 cm³/mol. The summed E-state index contributed by atoms with van der Waals surface area (Å²) in [6.07, 6.45) is -4.33. The lowest BCUT2D eigenvalue weighted by molar-refractivity contribution is -0.137. The molecule has 140 valence electrons. The second-order valence-corrected chi connectivity index (χ2v) is 5.84. The van der Waals surface area contributed by atoms with Gasteiger partial charge < -0.3 is 10.1 Å². The predicted octanol–water partition coefficient (Wildman–Crippen LogP) is 4.63. The summed E-state index contributed by atoms with van der Waals surface area (Å²) in [7, 11) is 0. The van der Waals surface area contributed by atoms with Crippen LogP contribution in [-0.4, -0.2) is 12.3 Å². The number of halogens is 4. The fraction of sp³-hybridized carbons (Fsp3) is 0.150. The maximum absolute atomic E-state index is 14.1. The summed E-state index contributed by atoms with van der Waals surface area (Å²) in [5, 5.41) is 2.80. The second kappa shape index (κ2) is 7.26. The zero-order chi connectivity index (χ0) is 19.6. The molecule has 1 aliphatic rings. The van der Waals surface area contributed by atoms with E-state index < -0.39 is 29.4 Å². The van der Waals surface area contributed by atoms with E-state index in [1.54, 1.807) is 6.07 Å². The van der Waals surface area contributed by atoms with Crippen molar-refractivity contribution in [3.8, 4) is 0 Å². The molecule has 0 saturated heterocycles. The highest BCUT2D eigenvalue weighted by Crippen LogP contribution is 2.39. The van der Waals surface area contributed by atoms with Gasteiger partial charge in [-0.05, 0) is 23.8 Å². The van der Waals surface area contributed by atoms with Gasteiger partial charge in [0.05, 0.1) is 11.1 Å². The molecule has 3 rings (SSSR count). The molecule has 2 aromatic carbocycles. The maximum Gasteiger partial charge on any atom is 0.416 e. The van der Waals surface area contributed by atoms with E-state index in [-0.39, 0.29) is 29.1 Å². The summed E-state index contributed by atoms with van der Waals surface area (Å²) in [5.41, 5.74) is -0.892. The number of alkyl halides is 3. The van der Waals surface area contributed by atoms with Gasteiger partial charge in [-0.15, -0.1) is 6.58 Å². The molecule has 1 aliphatic heterocycles. The highest BCUT2D eigenvalue weighted by atomic mass is 19.4. The average Bonchev–Trinajstić information content (AvgIpc) is 2.96. The monoisotopic (exact) mass is 377 g/mol. The summed E-state index contributed by atoms with van der Waals surface area (Å²) in [6.45, 7) is 3.76. The van der Waals surface area contributed by atoms with Crippen LogP contribution < -0.4 is 5.32 Å². The fourth-order valence-electron chi connectivity index (χ4n) is 2.79. The summed E-state index contributed by atoms with van der Waals surface area (Å²) in [4.78, 5) is 12.9. The van der Waals surface area contributed by atoms with Crippen molar-refractivity contribution in [3.63, 3.8) is 0 Å². The van der Waals surface area contributed by atoms with E-state index in [2.05, 4.69) is 11.9 Å². The van der Waals surface area contributed by atoms with Gasteiger partial charge in [-0.1, -0.05) is 36.4 Å². The number of ether oxygens (including phenoxy) is 1. The lowest BCUT2D eigenvalue weighted by atomic mass is 9.95. The van der Waals surface area contributed by atoms with Crippen molar-refractivity contribution in [2.75, 3.05) is 6.54 Å². The number of carbonyl (C=O) groups excluding carboxylic acids is 1. The van der Waals surface area contributed by atoms with Crippen molar-refractivity contribution >= 4 is 11.4 Å². The van der Waals surface area contributed by atoms with Crippen molar-refractivity contribution in [2.45, 2.75) is 12.3 Å². The van der Waals surface area contributed by atoms with Gasteiger partial charge in [0.2, 0.25) is 5.78 Å². The minimum absolute atomic E-state index is 0.00697. The largest absolute Gasteiger partial charge is 0.462 e. The zero-order valence-electron chi connectivity index (χ0n) is 14.0. The lowest BCUT2D eigenvalue weighted by Crippen LogP contribution is -2.15. The number of benzene rings is 2. The fourth-order valence-corrected chi connectivity index (χ4v) is 2.79. The number of rotatable bonds is 5. The van der Waals surface area contributed by atoms with E-state index >= 15 is 0 Å². The average molecular weight is 377 g/mol.